The van der Waals surface area contributed by atoms with E-state index in [0.29, 0.717) is 18.0 Å². The molecule has 3 amide bonds. The molecule has 2 aliphatic heterocycles. The Morgan fingerprint density at radius 3 is 2.61 bits per heavy atom. The van der Waals surface area contributed by atoms with Gasteiger partial charge in [0.2, 0.25) is 0 Å². The van der Waals surface area contributed by atoms with Gasteiger partial charge in [0.05, 0.1) is 12.2 Å². The second kappa shape index (κ2) is 7.35. The molecule has 28 heavy (non-hydrogen) atoms. The average molecular weight is 386 g/mol. The lowest BCUT2D eigenvalue weighted by Gasteiger charge is -2.38. The van der Waals surface area contributed by atoms with E-state index in [1.165, 1.54) is 23.3 Å². The zero-order valence-corrected chi connectivity index (χ0v) is 15.7. The Labute approximate surface area is 162 Å². The van der Waals surface area contributed by atoms with Crippen LogP contribution in [0.3, 0.4) is 0 Å². The Kier molecular flexibility index (Phi) is 4.89. The van der Waals surface area contributed by atoms with E-state index in [2.05, 4.69) is 15.6 Å². The maximum absolute atomic E-state index is 13.5. The first-order chi connectivity index (χ1) is 13.5. The van der Waals surface area contributed by atoms with Crippen LogP contribution in [0.25, 0.3) is 0 Å². The number of nitrogens with one attached hydrogen (secondary N) is 2. The monoisotopic (exact) mass is 386 g/mol. The van der Waals surface area contributed by atoms with Crippen molar-refractivity contribution in [3.05, 3.63) is 53.5 Å². The molecule has 0 radical (unpaired) electrons. The molecule has 3 heterocycles. The highest BCUT2D eigenvalue weighted by molar-refractivity contribution is 6.07. The lowest BCUT2D eigenvalue weighted by Crippen LogP contribution is -2.57. The topological polar surface area (TPSA) is 87.5 Å². The van der Waals surface area contributed by atoms with Gasteiger partial charge in [0.1, 0.15) is 17.6 Å². The van der Waals surface area contributed by atoms with Gasteiger partial charge in [-0.15, -0.1) is 0 Å². The maximum Gasteiger partial charge on any atom is 0.325 e. The van der Waals surface area contributed by atoms with Crippen LogP contribution in [0.15, 0.2) is 34.9 Å². The molecule has 2 N–H and O–H groups in total. The number of carbonyl (C=O) groups excluding carboxylic acids is 2. The number of carbonyl (C=O) groups is 2. The van der Waals surface area contributed by atoms with Gasteiger partial charge in [-0.25, -0.2) is 14.2 Å². The number of nitrogens with zero attached hydrogens (tertiary/aromatic N) is 2. The van der Waals surface area contributed by atoms with Crippen molar-refractivity contribution < 1.29 is 18.4 Å². The van der Waals surface area contributed by atoms with Crippen LogP contribution in [0.5, 0.6) is 0 Å². The van der Waals surface area contributed by atoms with E-state index in [-0.39, 0.29) is 24.2 Å². The van der Waals surface area contributed by atoms with Crippen molar-refractivity contribution in [1.29, 1.82) is 0 Å². The van der Waals surface area contributed by atoms with Crippen LogP contribution in [0.1, 0.15) is 30.0 Å². The van der Waals surface area contributed by atoms with Crippen LogP contribution in [0.4, 0.5) is 9.18 Å². The molecule has 148 valence electrons. The number of benzene rings is 1. The van der Waals surface area contributed by atoms with Gasteiger partial charge < -0.3 is 15.1 Å². The van der Waals surface area contributed by atoms with Crippen LogP contribution in [0.2, 0.25) is 0 Å². The predicted molar refractivity (Wildman–Crippen MR) is 98.8 cm³/mol. The normalized spacial score (nSPS) is 23.3. The second-order valence-corrected chi connectivity index (χ2v) is 7.48. The Bertz CT molecular complexity index is 876. The van der Waals surface area contributed by atoms with Gasteiger partial charge in [-0.2, -0.15) is 0 Å². The molecular formula is C20H23FN4O3. The Hall–Kier alpha value is -2.74. The highest BCUT2D eigenvalue weighted by atomic mass is 19.1. The Morgan fingerprint density at radius 2 is 1.96 bits per heavy atom. The van der Waals surface area contributed by atoms with Crippen LogP contribution < -0.4 is 10.6 Å². The molecule has 1 aromatic carbocycles. The summed E-state index contributed by atoms with van der Waals surface area (Å²) in [5.41, 5.74) is 0.312. The molecule has 0 saturated carbocycles. The average Bonchev–Trinajstić information content (AvgIpc) is 3.21. The summed E-state index contributed by atoms with van der Waals surface area (Å²) in [5.74, 6) is -0.101. The molecule has 4 rings (SSSR count). The summed E-state index contributed by atoms with van der Waals surface area (Å²) in [6.07, 6.45) is 3.35. The number of imide groups is 1. The summed E-state index contributed by atoms with van der Waals surface area (Å²) in [6, 6.07) is 5.67. The molecule has 2 aromatic rings. The van der Waals surface area contributed by atoms with Crippen molar-refractivity contribution in [3.8, 4) is 0 Å². The van der Waals surface area contributed by atoms with E-state index in [0.717, 1.165) is 31.5 Å². The third-order valence-corrected chi connectivity index (χ3v) is 5.62. The predicted octanol–water partition coefficient (Wildman–Crippen LogP) is 2.16. The van der Waals surface area contributed by atoms with Crippen molar-refractivity contribution in [2.45, 2.75) is 38.3 Å². The molecule has 2 aliphatic rings. The van der Waals surface area contributed by atoms with Crippen LogP contribution in [-0.4, -0.2) is 40.5 Å². The van der Waals surface area contributed by atoms with E-state index in [9.17, 15) is 14.0 Å². The molecule has 2 fully saturated rings. The highest BCUT2D eigenvalue weighted by Gasteiger charge is 2.55. The summed E-state index contributed by atoms with van der Waals surface area (Å²) < 4.78 is 18.5. The largest absolute Gasteiger partial charge is 0.449 e. The molecule has 0 unspecified atom stereocenters. The van der Waals surface area contributed by atoms with Gasteiger partial charge in [-0.05, 0) is 49.5 Å². The molecular weight excluding hydrogens is 363 g/mol. The Morgan fingerprint density at radius 1 is 1.25 bits per heavy atom. The molecule has 7 nitrogen and oxygen atoms in total. The van der Waals surface area contributed by atoms with E-state index >= 15 is 0 Å². The zero-order valence-electron chi connectivity index (χ0n) is 15.7. The summed E-state index contributed by atoms with van der Waals surface area (Å²) in [6.45, 7) is 3.37. The molecule has 1 aromatic heterocycles. The van der Waals surface area contributed by atoms with E-state index in [4.69, 9.17) is 4.42 Å². The zero-order chi connectivity index (χ0) is 19.7. The molecule has 2 saturated heterocycles. The number of rotatable bonds is 5. The Balaban J connectivity index is 1.65. The SMILES string of the molecule is Cc1nc(CN2C(=O)N[C@@](Cc3ccc(F)cc3)(C3CCNCC3)C2=O)co1. The minimum Gasteiger partial charge on any atom is -0.449 e. The summed E-state index contributed by atoms with van der Waals surface area (Å²) in [4.78, 5) is 31.7. The van der Waals surface area contributed by atoms with Gasteiger partial charge in [0, 0.05) is 13.3 Å². The fourth-order valence-electron chi connectivity index (χ4n) is 4.21. The van der Waals surface area contributed by atoms with E-state index < -0.39 is 11.6 Å². The molecule has 8 heteroatoms. The molecule has 0 bridgehead atoms. The van der Waals surface area contributed by atoms with Gasteiger partial charge >= 0.3 is 6.03 Å². The number of hydrogen-bond donors (Lipinski definition) is 2. The number of halogens is 1. The van der Waals surface area contributed by atoms with E-state index in [1.807, 2.05) is 0 Å². The van der Waals surface area contributed by atoms with Crippen LogP contribution in [0, 0.1) is 18.7 Å². The fourth-order valence-corrected chi connectivity index (χ4v) is 4.21. The van der Waals surface area contributed by atoms with Gasteiger partial charge in [0.15, 0.2) is 5.89 Å². The van der Waals surface area contributed by atoms with Gasteiger partial charge in [-0.1, -0.05) is 12.1 Å². The van der Waals surface area contributed by atoms with Crippen molar-refractivity contribution in [2.24, 2.45) is 5.92 Å². The molecule has 1 atom stereocenters. The first kappa shape index (κ1) is 18.6. The van der Waals surface area contributed by atoms with Crippen molar-refractivity contribution in [3.63, 3.8) is 0 Å². The van der Waals surface area contributed by atoms with Gasteiger partial charge in [-0.3, -0.25) is 9.69 Å². The van der Waals surface area contributed by atoms with Crippen molar-refractivity contribution in [1.82, 2.24) is 20.5 Å². The number of aryl methyl sites for hydroxylation is 1. The van der Waals surface area contributed by atoms with Crippen LogP contribution in [-0.2, 0) is 17.8 Å². The number of piperidine rings is 1. The fraction of sp³-hybridized carbons (Fsp3) is 0.450. The number of hydrogen-bond acceptors (Lipinski definition) is 5. The molecule has 0 aliphatic carbocycles. The number of oxazole rings is 1. The lowest BCUT2D eigenvalue weighted by atomic mass is 9.74. The van der Waals surface area contributed by atoms with Gasteiger partial charge in [0.25, 0.3) is 5.91 Å². The smallest absolute Gasteiger partial charge is 0.325 e. The third-order valence-electron chi connectivity index (χ3n) is 5.62. The summed E-state index contributed by atoms with van der Waals surface area (Å²) >= 11 is 0. The minimum atomic E-state index is -1.03. The molecule has 0 spiro atoms. The summed E-state index contributed by atoms with van der Waals surface area (Å²) in [7, 11) is 0. The third kappa shape index (κ3) is 3.40. The van der Waals surface area contributed by atoms with Crippen LogP contribution >= 0.6 is 0 Å². The summed E-state index contributed by atoms with van der Waals surface area (Å²) in [5, 5.41) is 6.28. The number of urea groups is 1. The van der Waals surface area contributed by atoms with E-state index in [1.54, 1.807) is 19.1 Å². The number of aromatic nitrogens is 1. The first-order valence-corrected chi connectivity index (χ1v) is 9.48. The lowest BCUT2D eigenvalue weighted by molar-refractivity contribution is -0.134. The van der Waals surface area contributed by atoms with Crippen molar-refractivity contribution >= 4 is 11.9 Å². The standard InChI is InChI=1S/C20H23FN4O3/c1-13-23-17(12-28-13)11-25-18(26)20(24-19(25)27,15-6-8-22-9-7-15)10-14-2-4-16(21)5-3-14/h2-5,12,15,22H,6-11H2,1H3,(H,24,27)/t20-/m0/s1. The first-order valence-electron chi connectivity index (χ1n) is 9.48. The van der Waals surface area contributed by atoms with Crippen molar-refractivity contribution in [2.75, 3.05) is 13.1 Å². The number of amides is 3. The maximum atomic E-state index is 13.5. The quantitative estimate of drug-likeness (QED) is 0.769. The second-order valence-electron chi connectivity index (χ2n) is 7.48. The minimum absolute atomic E-state index is 0.000650. The highest BCUT2D eigenvalue weighted by Crippen LogP contribution is 2.35.